The molecule has 1 N–H and O–H groups in total. The first-order valence-corrected chi connectivity index (χ1v) is 8.05. The second-order valence-corrected chi connectivity index (χ2v) is 4.63. The highest BCUT2D eigenvalue weighted by Crippen LogP contribution is 2.08. The van der Waals surface area contributed by atoms with E-state index in [1.807, 2.05) is 13.8 Å². The third-order valence-corrected chi connectivity index (χ3v) is 2.34. The van der Waals surface area contributed by atoms with Crippen LogP contribution in [-0.4, -0.2) is 24.3 Å². The third-order valence-electron chi connectivity index (χ3n) is 2.34. The van der Waals surface area contributed by atoms with Crippen LogP contribution in [0.2, 0.25) is 0 Å². The van der Waals surface area contributed by atoms with E-state index in [0.29, 0.717) is 6.42 Å². The van der Waals surface area contributed by atoms with Crippen molar-refractivity contribution in [3.63, 3.8) is 0 Å². The summed E-state index contributed by atoms with van der Waals surface area (Å²) in [6.45, 7) is 12.8. The molecule has 0 heterocycles. The number of hydrogen-bond acceptors (Lipinski definition) is 3. The number of allylic oxidation sites excluding steroid dienone is 2. The second-order valence-electron chi connectivity index (χ2n) is 4.63. The lowest BCUT2D eigenvalue weighted by atomic mass is 10.1. The fourth-order valence-corrected chi connectivity index (χ4v) is 1.46. The lowest BCUT2D eigenvalue weighted by Gasteiger charge is -2.02. The van der Waals surface area contributed by atoms with Gasteiger partial charge in [0.1, 0.15) is 6.61 Å². The van der Waals surface area contributed by atoms with Gasteiger partial charge in [0.25, 0.3) is 0 Å². The molecule has 0 radical (unpaired) electrons. The predicted molar refractivity (Wildman–Crippen MR) is 92.4 cm³/mol. The van der Waals surface area contributed by atoms with Gasteiger partial charge in [0.2, 0.25) is 0 Å². The number of carbonyl (C=O) groups excluding carboxylic acids is 1. The quantitative estimate of drug-likeness (QED) is 0.349. The number of aliphatic hydroxyl groups excluding tert-OH is 1. The molecule has 0 unspecified atom stereocenters. The van der Waals surface area contributed by atoms with Gasteiger partial charge >= 0.3 is 5.97 Å². The van der Waals surface area contributed by atoms with E-state index in [2.05, 4.69) is 20.1 Å². The highest BCUT2D eigenvalue weighted by Gasteiger charge is 2.01. The summed E-state index contributed by atoms with van der Waals surface area (Å²) in [5.41, 5.74) is 0. The van der Waals surface area contributed by atoms with Crippen molar-refractivity contribution in [2.24, 2.45) is 0 Å². The monoisotopic (exact) mass is 300 g/mol. The van der Waals surface area contributed by atoms with Gasteiger partial charge in [-0.15, -0.1) is 13.2 Å². The van der Waals surface area contributed by atoms with Gasteiger partial charge in [0.15, 0.2) is 0 Å². The van der Waals surface area contributed by atoms with E-state index in [1.165, 1.54) is 32.1 Å². The summed E-state index contributed by atoms with van der Waals surface area (Å²) in [5.74, 6) is -0.183. The number of carbonyl (C=O) groups is 1. The number of hydrogen-bond donors (Lipinski definition) is 1. The van der Waals surface area contributed by atoms with Gasteiger partial charge in [-0.25, -0.2) is 0 Å². The van der Waals surface area contributed by atoms with Crippen LogP contribution in [0.1, 0.15) is 72.1 Å². The Kier molecular flexibility index (Phi) is 32.4. The zero-order chi connectivity index (χ0) is 16.8. The Morgan fingerprint density at radius 3 is 1.86 bits per heavy atom. The standard InChI is InChI=1S/C12H24O3.2C3H6/c1-2-3-4-5-6-7-8-9-12(14)15-11-10-13;2*1-3-2/h13H,2-11H2,1H3;2*3H,1H2,2H3. The lowest BCUT2D eigenvalue weighted by molar-refractivity contribution is -0.144. The van der Waals surface area contributed by atoms with Gasteiger partial charge in [-0.05, 0) is 20.3 Å². The van der Waals surface area contributed by atoms with Crippen molar-refractivity contribution in [3.8, 4) is 0 Å². The molecule has 0 aliphatic carbocycles. The SMILES string of the molecule is C=CC.C=CC.CCCCCCCCCC(=O)OCCO. The summed E-state index contributed by atoms with van der Waals surface area (Å²) < 4.78 is 4.75. The van der Waals surface area contributed by atoms with Gasteiger partial charge in [-0.2, -0.15) is 0 Å². The van der Waals surface area contributed by atoms with E-state index >= 15 is 0 Å². The van der Waals surface area contributed by atoms with E-state index in [0.717, 1.165) is 12.8 Å². The van der Waals surface area contributed by atoms with Crippen molar-refractivity contribution >= 4 is 5.97 Å². The number of aliphatic hydroxyl groups is 1. The largest absolute Gasteiger partial charge is 0.463 e. The zero-order valence-electron chi connectivity index (χ0n) is 14.4. The molecule has 126 valence electrons. The van der Waals surface area contributed by atoms with Crippen molar-refractivity contribution in [2.75, 3.05) is 13.2 Å². The maximum absolute atomic E-state index is 11.0. The maximum atomic E-state index is 11.0. The van der Waals surface area contributed by atoms with Crippen LogP contribution in [0.15, 0.2) is 25.3 Å². The molecule has 3 heteroatoms. The molecule has 0 aromatic heterocycles. The molecule has 0 bridgehead atoms. The molecular formula is C18H36O3. The Labute approximate surface area is 132 Å². The molecule has 0 atom stereocenters. The van der Waals surface area contributed by atoms with Crippen LogP contribution in [0.4, 0.5) is 0 Å². The molecule has 0 fully saturated rings. The van der Waals surface area contributed by atoms with E-state index in [1.54, 1.807) is 12.2 Å². The van der Waals surface area contributed by atoms with E-state index in [4.69, 9.17) is 9.84 Å². The molecule has 0 saturated carbocycles. The van der Waals surface area contributed by atoms with E-state index in [-0.39, 0.29) is 19.2 Å². The minimum Gasteiger partial charge on any atom is -0.463 e. The molecule has 0 spiro atoms. The van der Waals surface area contributed by atoms with Gasteiger partial charge in [-0.1, -0.05) is 57.6 Å². The van der Waals surface area contributed by atoms with Crippen molar-refractivity contribution in [1.82, 2.24) is 0 Å². The number of esters is 1. The normalized spacial score (nSPS) is 8.57. The Morgan fingerprint density at radius 1 is 1.00 bits per heavy atom. The van der Waals surface area contributed by atoms with Crippen molar-refractivity contribution in [3.05, 3.63) is 25.3 Å². The van der Waals surface area contributed by atoms with Gasteiger partial charge in [0, 0.05) is 6.42 Å². The van der Waals surface area contributed by atoms with Crippen molar-refractivity contribution in [2.45, 2.75) is 72.1 Å². The zero-order valence-corrected chi connectivity index (χ0v) is 14.4. The summed E-state index contributed by atoms with van der Waals surface area (Å²) in [4.78, 5) is 11.0. The molecule has 0 aromatic carbocycles. The lowest BCUT2D eigenvalue weighted by Crippen LogP contribution is -2.07. The van der Waals surface area contributed by atoms with Crippen LogP contribution in [0.25, 0.3) is 0 Å². The summed E-state index contributed by atoms with van der Waals surface area (Å²) in [6.07, 6.45) is 12.4. The summed E-state index contributed by atoms with van der Waals surface area (Å²) >= 11 is 0. The minimum absolute atomic E-state index is 0.0806. The Hall–Kier alpha value is -1.09. The molecule has 3 nitrogen and oxygen atoms in total. The number of rotatable bonds is 10. The first-order chi connectivity index (χ1) is 10.1. The van der Waals surface area contributed by atoms with E-state index < -0.39 is 0 Å². The van der Waals surface area contributed by atoms with Crippen LogP contribution < -0.4 is 0 Å². The summed E-state index contributed by atoms with van der Waals surface area (Å²) in [6, 6.07) is 0. The fraction of sp³-hybridized carbons (Fsp3) is 0.722. The average molecular weight is 300 g/mol. The molecule has 0 amide bonds. The summed E-state index contributed by atoms with van der Waals surface area (Å²) in [5, 5.41) is 8.43. The molecule has 0 rings (SSSR count). The molecular weight excluding hydrogens is 264 g/mol. The number of ether oxygens (including phenoxy) is 1. The van der Waals surface area contributed by atoms with Crippen LogP contribution in [0, 0.1) is 0 Å². The first-order valence-electron chi connectivity index (χ1n) is 8.05. The Balaban J connectivity index is -0.000000460. The number of unbranched alkanes of at least 4 members (excludes halogenated alkanes) is 6. The van der Waals surface area contributed by atoms with Gasteiger partial charge in [0.05, 0.1) is 6.61 Å². The smallest absolute Gasteiger partial charge is 0.305 e. The van der Waals surface area contributed by atoms with Crippen LogP contribution in [0.3, 0.4) is 0 Å². The fourth-order valence-electron chi connectivity index (χ4n) is 1.46. The second kappa shape index (κ2) is 27.3. The summed E-state index contributed by atoms with van der Waals surface area (Å²) in [7, 11) is 0. The third kappa shape index (κ3) is 38.1. The van der Waals surface area contributed by atoms with Crippen molar-refractivity contribution < 1.29 is 14.6 Å². The molecule has 0 aliphatic rings. The van der Waals surface area contributed by atoms with Gasteiger partial charge < -0.3 is 9.84 Å². The van der Waals surface area contributed by atoms with Crippen molar-refractivity contribution in [1.29, 1.82) is 0 Å². The highest BCUT2D eigenvalue weighted by atomic mass is 16.5. The molecule has 0 aromatic rings. The maximum Gasteiger partial charge on any atom is 0.305 e. The van der Waals surface area contributed by atoms with Crippen LogP contribution >= 0.6 is 0 Å². The Bertz CT molecular complexity index is 207. The molecule has 21 heavy (non-hydrogen) atoms. The van der Waals surface area contributed by atoms with Crippen LogP contribution in [0.5, 0.6) is 0 Å². The van der Waals surface area contributed by atoms with E-state index in [9.17, 15) is 4.79 Å². The first kappa shape index (κ1) is 24.9. The molecule has 0 aliphatic heterocycles. The van der Waals surface area contributed by atoms with Crippen LogP contribution in [-0.2, 0) is 9.53 Å². The van der Waals surface area contributed by atoms with Gasteiger partial charge in [-0.3, -0.25) is 4.79 Å². The minimum atomic E-state index is -0.183. The topological polar surface area (TPSA) is 46.5 Å². The average Bonchev–Trinajstić information content (AvgIpc) is 2.46. The highest BCUT2D eigenvalue weighted by molar-refractivity contribution is 5.69. The predicted octanol–water partition coefficient (Wildman–Crippen LogP) is 5.05. The Morgan fingerprint density at radius 2 is 1.43 bits per heavy atom. The molecule has 0 saturated heterocycles.